The predicted molar refractivity (Wildman–Crippen MR) is 90.6 cm³/mol. The minimum Gasteiger partial charge on any atom is -0.507 e. The lowest BCUT2D eigenvalue weighted by molar-refractivity contribution is 0.354. The Morgan fingerprint density at radius 2 is 1.78 bits per heavy atom. The summed E-state index contributed by atoms with van der Waals surface area (Å²) in [5.74, 6) is 0.571. The summed E-state index contributed by atoms with van der Waals surface area (Å²) in [6, 6.07) is 10.1. The number of phenols is 2. The van der Waals surface area contributed by atoms with Crippen LogP contribution in [0.2, 0.25) is 0 Å². The Hall–Kier alpha value is -2.24. The maximum absolute atomic E-state index is 10.3. The van der Waals surface area contributed by atoms with Gasteiger partial charge >= 0.3 is 0 Å². The minimum atomic E-state index is -0.842. The minimum absolute atomic E-state index is 0.0202. The normalized spacial score (nSPS) is 15.0. The van der Waals surface area contributed by atoms with Crippen LogP contribution in [0.1, 0.15) is 36.1 Å². The lowest BCUT2D eigenvalue weighted by atomic mass is 9.83. The molecule has 2 unspecified atom stereocenters. The maximum atomic E-state index is 10.3. The van der Waals surface area contributed by atoms with Gasteiger partial charge in [0.05, 0.1) is 7.11 Å². The molecule has 23 heavy (non-hydrogen) atoms. The molecule has 2 aromatic rings. The summed E-state index contributed by atoms with van der Waals surface area (Å²) >= 11 is 0. The summed E-state index contributed by atoms with van der Waals surface area (Å²) in [5, 5.41) is 20.5. The van der Waals surface area contributed by atoms with Crippen molar-refractivity contribution >= 4 is 0 Å². The molecule has 2 rings (SSSR count). The van der Waals surface area contributed by atoms with Gasteiger partial charge in [0.1, 0.15) is 5.75 Å². The largest absolute Gasteiger partial charge is 0.507 e. The third kappa shape index (κ3) is 3.41. The average molecular weight is 316 g/mol. The van der Waals surface area contributed by atoms with Gasteiger partial charge in [0, 0.05) is 22.7 Å². The second-order valence-electron chi connectivity index (χ2n) is 6.10. The van der Waals surface area contributed by atoms with Crippen LogP contribution in [0, 0.1) is 6.92 Å². The van der Waals surface area contributed by atoms with Crippen molar-refractivity contribution in [2.24, 2.45) is 11.5 Å². The van der Waals surface area contributed by atoms with Crippen molar-refractivity contribution in [3.63, 3.8) is 0 Å². The van der Waals surface area contributed by atoms with E-state index >= 15 is 0 Å². The van der Waals surface area contributed by atoms with Gasteiger partial charge in [-0.25, -0.2) is 0 Å². The number of para-hydroxylation sites is 2. The molecule has 5 heteroatoms. The van der Waals surface area contributed by atoms with Crippen LogP contribution in [0.3, 0.4) is 0 Å². The molecule has 0 aliphatic carbocycles. The SMILES string of the molecule is COc1cccc(C(N)CC(C)(N)c2cccc(C)c2O)c1O. The molecular weight excluding hydrogens is 292 g/mol. The third-order valence-corrected chi connectivity index (χ3v) is 4.15. The standard InChI is InChI=1S/C18H24N2O3/c1-11-6-4-8-13(16(11)21)18(2,20)10-14(19)12-7-5-9-15(23-3)17(12)22/h4-9,14,21-22H,10,19-20H2,1-3H3. The number of phenolic OH excluding ortho intramolecular Hbond substituents is 2. The molecule has 5 nitrogen and oxygen atoms in total. The van der Waals surface area contributed by atoms with Crippen LogP contribution in [0.25, 0.3) is 0 Å². The smallest absolute Gasteiger partial charge is 0.162 e. The quantitative estimate of drug-likeness (QED) is 0.679. The fraction of sp³-hybridized carbons (Fsp3) is 0.333. The fourth-order valence-electron chi connectivity index (χ4n) is 2.80. The van der Waals surface area contributed by atoms with E-state index in [1.807, 2.05) is 26.0 Å². The molecule has 0 fully saturated rings. The highest BCUT2D eigenvalue weighted by molar-refractivity contribution is 5.48. The van der Waals surface area contributed by atoms with E-state index in [0.29, 0.717) is 23.3 Å². The summed E-state index contributed by atoms with van der Waals surface area (Å²) < 4.78 is 5.11. The zero-order valence-electron chi connectivity index (χ0n) is 13.7. The van der Waals surface area contributed by atoms with Crippen molar-refractivity contribution < 1.29 is 14.9 Å². The molecule has 0 saturated carbocycles. The van der Waals surface area contributed by atoms with Gasteiger partial charge in [-0.3, -0.25) is 0 Å². The Labute approximate surface area is 136 Å². The number of benzene rings is 2. The molecule has 0 aliphatic rings. The van der Waals surface area contributed by atoms with E-state index in [1.54, 1.807) is 24.3 Å². The number of methoxy groups -OCH3 is 1. The predicted octanol–water partition coefficient (Wildman–Crippen LogP) is 2.68. The number of ether oxygens (including phenoxy) is 1. The van der Waals surface area contributed by atoms with Crippen molar-refractivity contribution in [2.75, 3.05) is 7.11 Å². The van der Waals surface area contributed by atoms with E-state index in [2.05, 4.69) is 0 Å². The zero-order chi connectivity index (χ0) is 17.2. The van der Waals surface area contributed by atoms with Crippen LogP contribution in [-0.2, 0) is 5.54 Å². The first-order valence-corrected chi connectivity index (χ1v) is 7.47. The number of hydrogen-bond acceptors (Lipinski definition) is 5. The van der Waals surface area contributed by atoms with E-state index in [1.165, 1.54) is 7.11 Å². The van der Waals surface area contributed by atoms with E-state index in [-0.39, 0.29) is 11.5 Å². The molecule has 0 bridgehead atoms. The van der Waals surface area contributed by atoms with Crippen LogP contribution >= 0.6 is 0 Å². The highest BCUT2D eigenvalue weighted by atomic mass is 16.5. The first kappa shape index (κ1) is 17.1. The highest BCUT2D eigenvalue weighted by Gasteiger charge is 2.29. The van der Waals surface area contributed by atoms with Crippen molar-refractivity contribution in [3.8, 4) is 17.2 Å². The molecule has 2 aromatic carbocycles. The van der Waals surface area contributed by atoms with Crippen LogP contribution in [0.5, 0.6) is 17.2 Å². The number of aryl methyl sites for hydroxylation is 1. The molecule has 0 aliphatic heterocycles. The first-order chi connectivity index (χ1) is 10.8. The second kappa shape index (κ2) is 6.48. The monoisotopic (exact) mass is 316 g/mol. The van der Waals surface area contributed by atoms with Gasteiger partial charge in [-0.2, -0.15) is 0 Å². The average Bonchev–Trinajstić information content (AvgIpc) is 2.49. The van der Waals surface area contributed by atoms with E-state index in [0.717, 1.165) is 5.56 Å². The molecule has 6 N–H and O–H groups in total. The lowest BCUT2D eigenvalue weighted by Crippen LogP contribution is -2.37. The lowest BCUT2D eigenvalue weighted by Gasteiger charge is -2.30. The number of nitrogens with two attached hydrogens (primary N) is 2. The summed E-state index contributed by atoms with van der Waals surface area (Å²) in [6.45, 7) is 3.64. The van der Waals surface area contributed by atoms with Gasteiger partial charge in [0.15, 0.2) is 11.5 Å². The van der Waals surface area contributed by atoms with Gasteiger partial charge in [0.25, 0.3) is 0 Å². The van der Waals surface area contributed by atoms with Gasteiger partial charge in [-0.15, -0.1) is 0 Å². The molecule has 0 aromatic heterocycles. The molecule has 2 atom stereocenters. The van der Waals surface area contributed by atoms with Crippen LogP contribution in [0.4, 0.5) is 0 Å². The van der Waals surface area contributed by atoms with Crippen molar-refractivity contribution in [2.45, 2.75) is 31.8 Å². The molecule has 0 radical (unpaired) electrons. The molecular formula is C18H24N2O3. The Morgan fingerprint density at radius 1 is 1.13 bits per heavy atom. The summed E-state index contributed by atoms with van der Waals surface area (Å²) in [4.78, 5) is 0. The fourth-order valence-corrected chi connectivity index (χ4v) is 2.80. The summed E-state index contributed by atoms with van der Waals surface area (Å²) in [5.41, 5.74) is 13.8. The number of aromatic hydroxyl groups is 2. The van der Waals surface area contributed by atoms with Crippen molar-refractivity contribution in [1.82, 2.24) is 0 Å². The van der Waals surface area contributed by atoms with Crippen LogP contribution in [0.15, 0.2) is 36.4 Å². The third-order valence-electron chi connectivity index (χ3n) is 4.15. The summed E-state index contributed by atoms with van der Waals surface area (Å²) in [6.07, 6.45) is 0.352. The molecule has 0 heterocycles. The summed E-state index contributed by atoms with van der Waals surface area (Å²) in [7, 11) is 1.49. The van der Waals surface area contributed by atoms with E-state index < -0.39 is 11.6 Å². The zero-order valence-corrected chi connectivity index (χ0v) is 13.7. The van der Waals surface area contributed by atoms with E-state index in [4.69, 9.17) is 16.2 Å². The van der Waals surface area contributed by atoms with E-state index in [9.17, 15) is 10.2 Å². The van der Waals surface area contributed by atoms with Crippen LogP contribution in [-0.4, -0.2) is 17.3 Å². The van der Waals surface area contributed by atoms with Gasteiger partial charge in [-0.05, 0) is 31.9 Å². The Balaban J connectivity index is 2.32. The van der Waals surface area contributed by atoms with Gasteiger partial charge < -0.3 is 26.4 Å². The Kier molecular flexibility index (Phi) is 4.82. The highest BCUT2D eigenvalue weighted by Crippen LogP contribution is 2.39. The second-order valence-corrected chi connectivity index (χ2v) is 6.10. The van der Waals surface area contributed by atoms with Crippen molar-refractivity contribution in [3.05, 3.63) is 53.1 Å². The Morgan fingerprint density at radius 3 is 2.43 bits per heavy atom. The maximum Gasteiger partial charge on any atom is 0.162 e. The van der Waals surface area contributed by atoms with Crippen molar-refractivity contribution in [1.29, 1.82) is 0 Å². The van der Waals surface area contributed by atoms with Gasteiger partial charge in [-0.1, -0.05) is 30.3 Å². The van der Waals surface area contributed by atoms with Gasteiger partial charge in [0.2, 0.25) is 0 Å². The van der Waals surface area contributed by atoms with Crippen LogP contribution < -0.4 is 16.2 Å². The number of rotatable bonds is 5. The number of hydrogen-bond donors (Lipinski definition) is 4. The first-order valence-electron chi connectivity index (χ1n) is 7.47. The Bertz CT molecular complexity index is 699. The molecule has 0 saturated heterocycles. The molecule has 0 amide bonds. The molecule has 124 valence electrons. The topological polar surface area (TPSA) is 102 Å². The molecule has 0 spiro atoms.